The summed E-state index contributed by atoms with van der Waals surface area (Å²) in [6, 6.07) is 9.14. The van der Waals surface area contributed by atoms with E-state index < -0.39 is 18.0 Å². The fourth-order valence-corrected chi connectivity index (χ4v) is 1.52. The lowest BCUT2D eigenvalue weighted by molar-refractivity contribution is -0.141. The molecule has 3 N–H and O–H groups in total. The van der Waals surface area contributed by atoms with Gasteiger partial charge in [-0.2, -0.15) is 0 Å². The van der Waals surface area contributed by atoms with E-state index in [9.17, 15) is 14.4 Å². The van der Waals surface area contributed by atoms with E-state index in [2.05, 4.69) is 20.7 Å². The summed E-state index contributed by atoms with van der Waals surface area (Å²) in [5.74, 6) is -1.04. The molecule has 0 saturated heterocycles. The van der Waals surface area contributed by atoms with Crippen molar-refractivity contribution in [1.29, 1.82) is 0 Å². The highest BCUT2D eigenvalue weighted by atomic mass is 32.1. The summed E-state index contributed by atoms with van der Waals surface area (Å²) in [6.07, 6.45) is -0.735. The molecular formula is C14H17N3O5S. The minimum absolute atomic E-state index is 0.0590. The summed E-state index contributed by atoms with van der Waals surface area (Å²) in [6.45, 7) is -0.333. The van der Waals surface area contributed by atoms with Crippen molar-refractivity contribution in [3.05, 3.63) is 35.9 Å². The van der Waals surface area contributed by atoms with Gasteiger partial charge in [-0.1, -0.05) is 30.3 Å². The van der Waals surface area contributed by atoms with Gasteiger partial charge in [-0.05, 0) is 17.8 Å². The van der Waals surface area contributed by atoms with E-state index in [1.54, 1.807) is 0 Å². The Balaban J connectivity index is 2.19. The van der Waals surface area contributed by atoms with E-state index in [-0.39, 0.29) is 24.8 Å². The Morgan fingerprint density at radius 1 is 1.09 bits per heavy atom. The highest BCUT2D eigenvalue weighted by Crippen LogP contribution is 2.00. The zero-order valence-electron chi connectivity index (χ0n) is 12.5. The maximum atomic E-state index is 11.5. The summed E-state index contributed by atoms with van der Waals surface area (Å²) in [7, 11) is 1.22. The molecule has 0 aliphatic rings. The van der Waals surface area contributed by atoms with Gasteiger partial charge in [-0.15, -0.1) is 0 Å². The molecule has 1 aromatic carbocycles. The molecule has 9 heteroatoms. The predicted octanol–water partition coefficient (Wildman–Crippen LogP) is 0.0765. The van der Waals surface area contributed by atoms with Crippen molar-refractivity contribution in [2.75, 3.05) is 20.2 Å². The number of rotatable bonds is 6. The van der Waals surface area contributed by atoms with E-state index >= 15 is 0 Å². The van der Waals surface area contributed by atoms with Crippen molar-refractivity contribution < 1.29 is 23.9 Å². The van der Waals surface area contributed by atoms with E-state index in [1.165, 1.54) is 7.11 Å². The lowest BCUT2D eigenvalue weighted by atomic mass is 10.2. The quantitative estimate of drug-likeness (QED) is 0.498. The number of carbonyl (C=O) groups is 3. The second-order valence-electron chi connectivity index (χ2n) is 4.22. The third-order valence-corrected chi connectivity index (χ3v) is 2.74. The van der Waals surface area contributed by atoms with Crippen LogP contribution in [-0.2, 0) is 25.7 Å². The second kappa shape index (κ2) is 10.1. The minimum atomic E-state index is -0.735. The maximum absolute atomic E-state index is 11.5. The Morgan fingerprint density at radius 3 is 2.43 bits per heavy atom. The van der Waals surface area contributed by atoms with Crippen LogP contribution in [0.2, 0.25) is 0 Å². The van der Waals surface area contributed by atoms with Crippen LogP contribution in [0, 0.1) is 0 Å². The van der Waals surface area contributed by atoms with Crippen LogP contribution < -0.4 is 16.0 Å². The smallest absolute Gasteiger partial charge is 0.413 e. The van der Waals surface area contributed by atoms with Crippen LogP contribution in [0.4, 0.5) is 4.79 Å². The zero-order valence-corrected chi connectivity index (χ0v) is 13.3. The molecule has 124 valence electrons. The van der Waals surface area contributed by atoms with Crippen molar-refractivity contribution in [3.8, 4) is 0 Å². The predicted molar refractivity (Wildman–Crippen MR) is 85.4 cm³/mol. The largest absolute Gasteiger partial charge is 0.468 e. The molecule has 0 unspecified atom stereocenters. The molecule has 0 aromatic heterocycles. The van der Waals surface area contributed by atoms with Crippen molar-refractivity contribution >= 4 is 35.3 Å². The van der Waals surface area contributed by atoms with Gasteiger partial charge < -0.3 is 20.1 Å². The molecule has 0 spiro atoms. The summed E-state index contributed by atoms with van der Waals surface area (Å²) in [4.78, 5) is 33.7. The summed E-state index contributed by atoms with van der Waals surface area (Å²) < 4.78 is 9.33. The van der Waals surface area contributed by atoms with Gasteiger partial charge in [0.1, 0.15) is 13.2 Å². The number of hydrogen-bond acceptors (Lipinski definition) is 6. The van der Waals surface area contributed by atoms with Gasteiger partial charge in [-0.25, -0.2) is 4.79 Å². The van der Waals surface area contributed by atoms with Crippen LogP contribution in [-0.4, -0.2) is 43.3 Å². The van der Waals surface area contributed by atoms with Gasteiger partial charge in [0.15, 0.2) is 5.11 Å². The van der Waals surface area contributed by atoms with Gasteiger partial charge in [0.05, 0.1) is 13.7 Å². The fourth-order valence-electron chi connectivity index (χ4n) is 1.36. The number of alkyl carbamates (subject to hydrolysis) is 1. The molecule has 23 heavy (non-hydrogen) atoms. The fraction of sp³-hybridized carbons (Fsp3) is 0.286. The normalized spacial score (nSPS) is 9.43. The summed E-state index contributed by atoms with van der Waals surface area (Å²) >= 11 is 4.84. The topological polar surface area (TPSA) is 106 Å². The van der Waals surface area contributed by atoms with Crippen molar-refractivity contribution in [1.82, 2.24) is 16.0 Å². The average Bonchev–Trinajstić information content (AvgIpc) is 2.56. The second-order valence-corrected chi connectivity index (χ2v) is 4.63. The zero-order chi connectivity index (χ0) is 17.1. The summed E-state index contributed by atoms with van der Waals surface area (Å²) in [5.41, 5.74) is 0.837. The Hall–Kier alpha value is -2.68. The Kier molecular flexibility index (Phi) is 8.08. The van der Waals surface area contributed by atoms with Crippen LogP contribution in [0.5, 0.6) is 0 Å². The third kappa shape index (κ3) is 8.37. The van der Waals surface area contributed by atoms with E-state index in [4.69, 9.17) is 17.0 Å². The maximum Gasteiger partial charge on any atom is 0.413 e. The van der Waals surface area contributed by atoms with Gasteiger partial charge >= 0.3 is 12.1 Å². The highest BCUT2D eigenvalue weighted by molar-refractivity contribution is 7.80. The van der Waals surface area contributed by atoms with E-state index in [0.29, 0.717) is 0 Å². The minimum Gasteiger partial charge on any atom is -0.468 e. The lowest BCUT2D eigenvalue weighted by Crippen LogP contribution is -2.44. The van der Waals surface area contributed by atoms with E-state index in [1.807, 2.05) is 30.3 Å². The van der Waals surface area contributed by atoms with Crippen LogP contribution in [0.25, 0.3) is 0 Å². The number of methoxy groups -OCH3 is 1. The average molecular weight is 339 g/mol. The molecule has 0 fully saturated rings. The first kappa shape index (κ1) is 18.4. The monoisotopic (exact) mass is 339 g/mol. The molecule has 0 aliphatic heterocycles. The molecule has 0 saturated carbocycles. The van der Waals surface area contributed by atoms with Gasteiger partial charge in [-0.3, -0.25) is 14.9 Å². The molecule has 0 radical (unpaired) electrons. The first-order chi connectivity index (χ1) is 11.0. The number of ether oxygens (including phenoxy) is 2. The lowest BCUT2D eigenvalue weighted by Gasteiger charge is -2.10. The number of nitrogens with one attached hydrogen (secondary N) is 3. The number of hydrogen-bond donors (Lipinski definition) is 3. The van der Waals surface area contributed by atoms with Gasteiger partial charge in [0, 0.05) is 0 Å². The first-order valence-electron chi connectivity index (χ1n) is 6.60. The SMILES string of the molecule is COC(=O)CNC(=O)CNC(=S)NC(=O)OCc1ccccc1. The van der Waals surface area contributed by atoms with Crippen molar-refractivity contribution in [3.63, 3.8) is 0 Å². The molecule has 1 rings (SSSR count). The standard InChI is InChI=1S/C14H17N3O5S/c1-21-12(19)8-15-11(18)7-16-13(23)17-14(20)22-9-10-5-3-2-4-6-10/h2-6H,7-9H2,1H3,(H,15,18)(H2,16,17,20,23). The Bertz CT molecular complexity index is 565. The first-order valence-corrected chi connectivity index (χ1v) is 7.01. The molecular weight excluding hydrogens is 322 g/mol. The van der Waals surface area contributed by atoms with Crippen LogP contribution >= 0.6 is 12.2 Å². The number of carbonyl (C=O) groups excluding carboxylic acids is 3. The molecule has 0 heterocycles. The number of amides is 2. The molecule has 0 bridgehead atoms. The Labute approximate surface area is 138 Å². The molecule has 8 nitrogen and oxygen atoms in total. The van der Waals surface area contributed by atoms with Crippen molar-refractivity contribution in [2.45, 2.75) is 6.61 Å². The van der Waals surface area contributed by atoms with Crippen LogP contribution in [0.1, 0.15) is 5.56 Å². The third-order valence-electron chi connectivity index (χ3n) is 2.50. The number of esters is 1. The van der Waals surface area contributed by atoms with Crippen LogP contribution in [0.3, 0.4) is 0 Å². The molecule has 2 amide bonds. The van der Waals surface area contributed by atoms with Gasteiger partial charge in [0.25, 0.3) is 0 Å². The molecule has 0 aliphatic carbocycles. The van der Waals surface area contributed by atoms with E-state index in [0.717, 1.165) is 5.56 Å². The molecule has 0 atom stereocenters. The Morgan fingerprint density at radius 2 is 1.78 bits per heavy atom. The highest BCUT2D eigenvalue weighted by Gasteiger charge is 2.08. The number of benzene rings is 1. The van der Waals surface area contributed by atoms with Gasteiger partial charge in [0.2, 0.25) is 5.91 Å². The number of thiocarbonyl (C=S) groups is 1. The molecule has 1 aromatic rings. The van der Waals surface area contributed by atoms with Crippen LogP contribution in [0.15, 0.2) is 30.3 Å². The van der Waals surface area contributed by atoms with Crippen molar-refractivity contribution in [2.24, 2.45) is 0 Å². The summed E-state index contributed by atoms with van der Waals surface area (Å²) in [5, 5.41) is 7.03.